The number of nitrogens with one attached hydrogen (secondary N) is 1. The van der Waals surface area contributed by atoms with Crippen LogP contribution in [0.1, 0.15) is 50.3 Å². The number of nitrogens with zero attached hydrogens (tertiary/aromatic N) is 3. The lowest BCUT2D eigenvalue weighted by molar-refractivity contribution is 0.581. The van der Waals surface area contributed by atoms with Crippen LogP contribution >= 0.6 is 0 Å². The van der Waals surface area contributed by atoms with E-state index >= 15 is 0 Å². The fourth-order valence-corrected chi connectivity index (χ4v) is 3.50. The zero-order valence-corrected chi connectivity index (χ0v) is 12.6. The van der Waals surface area contributed by atoms with Gasteiger partial charge in [0.15, 0.2) is 0 Å². The van der Waals surface area contributed by atoms with Gasteiger partial charge in [0.25, 0.3) is 0 Å². The van der Waals surface area contributed by atoms with Gasteiger partial charge in [0.2, 0.25) is 0 Å². The molecule has 0 radical (unpaired) electrons. The highest BCUT2D eigenvalue weighted by Gasteiger charge is 2.22. The van der Waals surface area contributed by atoms with Crippen LogP contribution in [0.3, 0.4) is 0 Å². The second kappa shape index (κ2) is 6.53. The molecule has 3 rings (SSSR count). The minimum atomic E-state index is 0.631. The average molecular weight is 274 g/mol. The van der Waals surface area contributed by atoms with Crippen molar-refractivity contribution >= 4 is 5.82 Å². The van der Waals surface area contributed by atoms with E-state index in [1.807, 2.05) is 0 Å². The molecule has 0 saturated carbocycles. The molecule has 1 aliphatic heterocycles. The lowest BCUT2D eigenvalue weighted by atomic mass is 10.1. The minimum absolute atomic E-state index is 0.631. The molecule has 1 aliphatic carbocycles. The molecule has 4 heteroatoms. The molecular formula is C16H26N4. The van der Waals surface area contributed by atoms with Crippen LogP contribution in [0, 0.1) is 0 Å². The van der Waals surface area contributed by atoms with E-state index in [1.54, 1.807) is 6.33 Å². The molecule has 1 atom stereocenters. The van der Waals surface area contributed by atoms with Gasteiger partial charge in [-0.25, -0.2) is 9.97 Å². The zero-order valence-electron chi connectivity index (χ0n) is 12.6. The fraction of sp³-hybridized carbons (Fsp3) is 0.750. The Labute approximate surface area is 122 Å². The number of fused-ring (bicyclic) bond motifs is 1. The van der Waals surface area contributed by atoms with Gasteiger partial charge in [0.1, 0.15) is 12.1 Å². The minimum Gasteiger partial charge on any atom is -0.355 e. The number of rotatable bonds is 4. The zero-order chi connectivity index (χ0) is 13.8. The van der Waals surface area contributed by atoms with Crippen molar-refractivity contribution < 1.29 is 0 Å². The lowest BCUT2D eigenvalue weighted by Gasteiger charge is -2.27. The molecule has 1 aromatic heterocycles. The highest BCUT2D eigenvalue weighted by atomic mass is 15.2. The molecule has 4 nitrogen and oxygen atoms in total. The molecule has 0 bridgehead atoms. The number of hydrogen-bond acceptors (Lipinski definition) is 4. The summed E-state index contributed by atoms with van der Waals surface area (Å²) in [5, 5.41) is 3.60. The summed E-state index contributed by atoms with van der Waals surface area (Å²) in [6.07, 6.45) is 10.5. The van der Waals surface area contributed by atoms with Gasteiger partial charge >= 0.3 is 0 Å². The molecule has 1 aromatic rings. The third-order valence-electron chi connectivity index (χ3n) is 4.64. The highest BCUT2D eigenvalue weighted by Crippen LogP contribution is 2.27. The van der Waals surface area contributed by atoms with Crippen molar-refractivity contribution in [3.63, 3.8) is 0 Å². The molecule has 0 amide bonds. The van der Waals surface area contributed by atoms with Crippen molar-refractivity contribution in [3.05, 3.63) is 17.6 Å². The summed E-state index contributed by atoms with van der Waals surface area (Å²) >= 11 is 0. The van der Waals surface area contributed by atoms with Crippen molar-refractivity contribution in [1.82, 2.24) is 15.3 Å². The van der Waals surface area contributed by atoms with Crippen molar-refractivity contribution in [1.29, 1.82) is 0 Å². The molecule has 1 saturated heterocycles. The quantitative estimate of drug-likeness (QED) is 0.856. The first kappa shape index (κ1) is 13.8. The molecular weight excluding hydrogens is 248 g/mol. The monoisotopic (exact) mass is 274 g/mol. The Bertz CT molecular complexity index is 440. The summed E-state index contributed by atoms with van der Waals surface area (Å²) in [6.45, 7) is 5.52. The first-order valence-electron chi connectivity index (χ1n) is 8.19. The van der Waals surface area contributed by atoms with Gasteiger partial charge in [0, 0.05) is 30.4 Å². The molecule has 2 heterocycles. The number of hydrogen-bond donors (Lipinski definition) is 1. The van der Waals surface area contributed by atoms with E-state index in [2.05, 4.69) is 27.1 Å². The third-order valence-corrected chi connectivity index (χ3v) is 4.64. The average Bonchev–Trinajstić information content (AvgIpc) is 2.87. The van der Waals surface area contributed by atoms with Crippen LogP contribution in [-0.2, 0) is 12.8 Å². The van der Waals surface area contributed by atoms with E-state index in [4.69, 9.17) is 0 Å². The van der Waals surface area contributed by atoms with Crippen LogP contribution < -0.4 is 10.2 Å². The van der Waals surface area contributed by atoms with Crippen molar-refractivity contribution in [2.75, 3.05) is 24.5 Å². The molecule has 110 valence electrons. The summed E-state index contributed by atoms with van der Waals surface area (Å²) in [7, 11) is 0. The van der Waals surface area contributed by atoms with Crippen LogP contribution in [0.2, 0.25) is 0 Å². The van der Waals surface area contributed by atoms with Gasteiger partial charge in [-0.15, -0.1) is 0 Å². The lowest BCUT2D eigenvalue weighted by Crippen LogP contribution is -2.38. The Morgan fingerprint density at radius 1 is 1.20 bits per heavy atom. The second-order valence-corrected chi connectivity index (χ2v) is 6.02. The van der Waals surface area contributed by atoms with Gasteiger partial charge in [-0.3, -0.25) is 0 Å². The van der Waals surface area contributed by atoms with Gasteiger partial charge in [0.05, 0.1) is 0 Å². The molecule has 1 unspecified atom stereocenters. The van der Waals surface area contributed by atoms with Gasteiger partial charge < -0.3 is 10.2 Å². The number of aryl methyl sites for hydroxylation is 1. The molecule has 0 spiro atoms. The normalized spacial score (nSPS) is 22.4. The van der Waals surface area contributed by atoms with Gasteiger partial charge in [-0.2, -0.15) is 0 Å². The molecule has 1 fully saturated rings. The van der Waals surface area contributed by atoms with Crippen LogP contribution in [-0.4, -0.2) is 35.6 Å². The Morgan fingerprint density at radius 3 is 2.90 bits per heavy atom. The van der Waals surface area contributed by atoms with Crippen LogP contribution in [0.25, 0.3) is 0 Å². The largest absolute Gasteiger partial charge is 0.355 e. The van der Waals surface area contributed by atoms with Crippen molar-refractivity contribution in [2.24, 2.45) is 0 Å². The first-order chi connectivity index (χ1) is 9.88. The van der Waals surface area contributed by atoms with Crippen LogP contribution in [0.15, 0.2) is 6.33 Å². The molecule has 20 heavy (non-hydrogen) atoms. The summed E-state index contributed by atoms with van der Waals surface area (Å²) in [5.41, 5.74) is 2.72. The summed E-state index contributed by atoms with van der Waals surface area (Å²) in [5.74, 6) is 1.20. The van der Waals surface area contributed by atoms with Crippen molar-refractivity contribution in [3.8, 4) is 0 Å². The molecule has 2 aliphatic rings. The van der Waals surface area contributed by atoms with E-state index in [9.17, 15) is 0 Å². The topological polar surface area (TPSA) is 41.0 Å². The fourth-order valence-electron chi connectivity index (χ4n) is 3.50. The Balaban J connectivity index is 1.83. The maximum absolute atomic E-state index is 4.63. The SMILES string of the molecule is CCN(CC1CCCN1)c1ncnc2c1CCCCC2. The Hall–Kier alpha value is -1.16. The summed E-state index contributed by atoms with van der Waals surface area (Å²) in [6, 6.07) is 0.631. The second-order valence-electron chi connectivity index (χ2n) is 6.02. The standard InChI is InChI=1S/C16H26N4/c1-2-20(11-13-7-6-10-17-13)16-14-8-4-3-5-9-15(14)18-12-19-16/h12-13,17H,2-11H2,1H3. The van der Waals surface area contributed by atoms with E-state index in [0.29, 0.717) is 6.04 Å². The van der Waals surface area contributed by atoms with Gasteiger partial charge in [-0.1, -0.05) is 6.42 Å². The predicted molar refractivity (Wildman–Crippen MR) is 82.2 cm³/mol. The van der Waals surface area contributed by atoms with Crippen molar-refractivity contribution in [2.45, 2.75) is 57.9 Å². The Morgan fingerprint density at radius 2 is 2.10 bits per heavy atom. The summed E-state index contributed by atoms with van der Waals surface area (Å²) < 4.78 is 0. The van der Waals surface area contributed by atoms with Gasteiger partial charge in [-0.05, 0) is 52.0 Å². The predicted octanol–water partition coefficient (Wildman–Crippen LogP) is 2.32. The van der Waals surface area contributed by atoms with E-state index in [-0.39, 0.29) is 0 Å². The van der Waals surface area contributed by atoms with E-state index in [0.717, 1.165) is 25.9 Å². The summed E-state index contributed by atoms with van der Waals surface area (Å²) in [4.78, 5) is 11.6. The van der Waals surface area contributed by atoms with E-state index < -0.39 is 0 Å². The van der Waals surface area contributed by atoms with E-state index in [1.165, 1.54) is 55.7 Å². The first-order valence-corrected chi connectivity index (χ1v) is 8.19. The number of likely N-dealkylation sites (N-methyl/N-ethyl adjacent to an activating group) is 1. The number of anilines is 1. The Kier molecular flexibility index (Phi) is 4.51. The molecule has 1 N–H and O–H groups in total. The smallest absolute Gasteiger partial charge is 0.135 e. The van der Waals surface area contributed by atoms with Crippen LogP contribution in [0.4, 0.5) is 5.82 Å². The highest BCUT2D eigenvalue weighted by molar-refractivity contribution is 5.49. The van der Waals surface area contributed by atoms with Crippen LogP contribution in [0.5, 0.6) is 0 Å². The maximum atomic E-state index is 4.63. The third kappa shape index (κ3) is 2.95. The number of aromatic nitrogens is 2. The maximum Gasteiger partial charge on any atom is 0.135 e. The molecule has 0 aromatic carbocycles.